The Labute approximate surface area is 192 Å². The van der Waals surface area contributed by atoms with E-state index in [0.29, 0.717) is 23.1 Å². The third-order valence-corrected chi connectivity index (χ3v) is 5.58. The van der Waals surface area contributed by atoms with E-state index >= 15 is 0 Å². The highest BCUT2D eigenvalue weighted by Crippen LogP contribution is 2.29. The van der Waals surface area contributed by atoms with Crippen LogP contribution in [0.2, 0.25) is 0 Å². The molecule has 2 N–H and O–H groups in total. The SMILES string of the molecule is Cc1ccn2c(NC(=O)/C=C\c3ccc(C(=O)NC4CC4)cc3)c(-c3ccccc3)nc2c1. The molecular weight excluding hydrogens is 412 g/mol. The summed E-state index contributed by atoms with van der Waals surface area (Å²) in [6.07, 6.45) is 7.24. The van der Waals surface area contributed by atoms with Gasteiger partial charge in [-0.3, -0.25) is 14.0 Å². The number of aryl methyl sites for hydroxylation is 1. The Morgan fingerprint density at radius 3 is 2.52 bits per heavy atom. The van der Waals surface area contributed by atoms with E-state index in [-0.39, 0.29) is 11.8 Å². The first-order valence-electron chi connectivity index (χ1n) is 11.0. The van der Waals surface area contributed by atoms with Gasteiger partial charge < -0.3 is 10.6 Å². The molecule has 2 heterocycles. The van der Waals surface area contributed by atoms with Gasteiger partial charge in [-0.15, -0.1) is 0 Å². The Bertz CT molecular complexity index is 1350. The summed E-state index contributed by atoms with van der Waals surface area (Å²) >= 11 is 0. The van der Waals surface area contributed by atoms with Gasteiger partial charge in [0.25, 0.3) is 5.91 Å². The van der Waals surface area contributed by atoms with E-state index in [2.05, 4.69) is 10.6 Å². The van der Waals surface area contributed by atoms with Crippen molar-refractivity contribution in [2.24, 2.45) is 0 Å². The summed E-state index contributed by atoms with van der Waals surface area (Å²) in [5.74, 6) is 0.310. The van der Waals surface area contributed by atoms with Crippen LogP contribution < -0.4 is 10.6 Å². The Hall–Kier alpha value is -4.19. The topological polar surface area (TPSA) is 75.5 Å². The molecule has 0 spiro atoms. The van der Waals surface area contributed by atoms with E-state index in [4.69, 9.17) is 4.98 Å². The smallest absolute Gasteiger partial charge is 0.251 e. The molecule has 2 aromatic carbocycles. The van der Waals surface area contributed by atoms with Crippen LogP contribution in [0.15, 0.2) is 79.0 Å². The molecule has 0 bridgehead atoms. The summed E-state index contributed by atoms with van der Waals surface area (Å²) < 4.78 is 1.88. The van der Waals surface area contributed by atoms with Gasteiger partial charge in [-0.05, 0) is 61.2 Å². The molecule has 164 valence electrons. The standard InChI is InChI=1S/C27H24N4O2/c1-18-15-16-31-23(17-18)29-25(20-5-3-2-4-6-20)26(31)30-24(32)14-9-19-7-10-21(11-8-19)27(33)28-22-12-13-22/h2-11,14-17,22H,12-13H2,1H3,(H,28,33)(H,30,32)/b14-9-. The first-order chi connectivity index (χ1) is 16.1. The first kappa shape index (κ1) is 20.7. The third-order valence-electron chi connectivity index (χ3n) is 5.58. The van der Waals surface area contributed by atoms with Gasteiger partial charge in [-0.2, -0.15) is 0 Å². The number of nitrogens with zero attached hydrogens (tertiary/aromatic N) is 2. The molecule has 1 fully saturated rings. The van der Waals surface area contributed by atoms with Gasteiger partial charge >= 0.3 is 0 Å². The maximum Gasteiger partial charge on any atom is 0.251 e. The maximum absolute atomic E-state index is 12.8. The van der Waals surface area contributed by atoms with Gasteiger partial charge in [-0.1, -0.05) is 42.5 Å². The van der Waals surface area contributed by atoms with Gasteiger partial charge in [0, 0.05) is 29.4 Å². The van der Waals surface area contributed by atoms with Crippen LogP contribution >= 0.6 is 0 Å². The molecule has 2 aromatic heterocycles. The number of rotatable bonds is 6. The number of carbonyl (C=O) groups is 2. The Balaban J connectivity index is 1.35. The molecule has 33 heavy (non-hydrogen) atoms. The molecule has 6 heteroatoms. The number of imidazole rings is 1. The molecule has 1 saturated carbocycles. The second-order valence-electron chi connectivity index (χ2n) is 8.30. The van der Waals surface area contributed by atoms with E-state index in [0.717, 1.165) is 35.2 Å². The zero-order valence-corrected chi connectivity index (χ0v) is 18.3. The van der Waals surface area contributed by atoms with Gasteiger partial charge in [0.15, 0.2) is 0 Å². The molecule has 5 rings (SSSR count). The molecule has 0 atom stereocenters. The number of anilines is 1. The van der Waals surface area contributed by atoms with Gasteiger partial charge in [0.1, 0.15) is 17.2 Å². The van der Waals surface area contributed by atoms with Crippen LogP contribution in [-0.2, 0) is 4.79 Å². The van der Waals surface area contributed by atoms with Crippen molar-refractivity contribution in [3.8, 4) is 11.3 Å². The van der Waals surface area contributed by atoms with Crippen molar-refractivity contribution in [2.45, 2.75) is 25.8 Å². The van der Waals surface area contributed by atoms with Crippen molar-refractivity contribution in [3.63, 3.8) is 0 Å². The highest BCUT2D eigenvalue weighted by Gasteiger charge is 2.23. The number of aromatic nitrogens is 2. The van der Waals surface area contributed by atoms with E-state index in [1.807, 2.05) is 72.1 Å². The maximum atomic E-state index is 12.8. The molecule has 6 nitrogen and oxygen atoms in total. The molecule has 2 amide bonds. The fourth-order valence-corrected chi connectivity index (χ4v) is 3.64. The third kappa shape index (κ3) is 4.70. The number of hydrogen-bond donors (Lipinski definition) is 2. The number of benzene rings is 2. The summed E-state index contributed by atoms with van der Waals surface area (Å²) in [6.45, 7) is 2.01. The lowest BCUT2D eigenvalue weighted by molar-refractivity contribution is -0.111. The molecule has 0 saturated heterocycles. The van der Waals surface area contributed by atoms with Gasteiger partial charge in [0.2, 0.25) is 5.91 Å². The van der Waals surface area contributed by atoms with Crippen LogP contribution in [0.3, 0.4) is 0 Å². The van der Waals surface area contributed by atoms with E-state index in [1.54, 1.807) is 18.2 Å². The Kier molecular flexibility index (Phi) is 5.48. The average molecular weight is 437 g/mol. The van der Waals surface area contributed by atoms with Crippen molar-refractivity contribution in [1.82, 2.24) is 14.7 Å². The highest BCUT2D eigenvalue weighted by molar-refractivity contribution is 6.03. The van der Waals surface area contributed by atoms with Gasteiger partial charge in [0.05, 0.1) is 0 Å². The minimum Gasteiger partial charge on any atom is -0.349 e. The lowest BCUT2D eigenvalue weighted by Gasteiger charge is -2.06. The van der Waals surface area contributed by atoms with E-state index < -0.39 is 0 Å². The van der Waals surface area contributed by atoms with Crippen molar-refractivity contribution < 1.29 is 9.59 Å². The lowest BCUT2D eigenvalue weighted by Crippen LogP contribution is -2.25. The minimum atomic E-state index is -0.259. The van der Waals surface area contributed by atoms with E-state index in [9.17, 15) is 9.59 Å². The van der Waals surface area contributed by atoms with Crippen molar-refractivity contribution in [3.05, 3.63) is 95.7 Å². The van der Waals surface area contributed by atoms with Crippen molar-refractivity contribution >= 4 is 29.4 Å². The summed E-state index contributed by atoms with van der Waals surface area (Å²) in [7, 11) is 0. The largest absolute Gasteiger partial charge is 0.349 e. The van der Waals surface area contributed by atoms with Crippen LogP contribution in [0.4, 0.5) is 5.82 Å². The van der Waals surface area contributed by atoms with Gasteiger partial charge in [-0.25, -0.2) is 4.98 Å². The predicted molar refractivity (Wildman–Crippen MR) is 130 cm³/mol. The molecule has 1 aliphatic carbocycles. The fourth-order valence-electron chi connectivity index (χ4n) is 3.64. The lowest BCUT2D eigenvalue weighted by atomic mass is 10.1. The minimum absolute atomic E-state index is 0.0536. The molecule has 0 unspecified atom stereocenters. The molecule has 1 aliphatic rings. The monoisotopic (exact) mass is 436 g/mol. The van der Waals surface area contributed by atoms with Crippen LogP contribution in [0, 0.1) is 6.92 Å². The number of amides is 2. The second kappa shape index (κ2) is 8.74. The number of nitrogens with one attached hydrogen (secondary N) is 2. The van der Waals surface area contributed by atoms with Crippen molar-refractivity contribution in [2.75, 3.05) is 5.32 Å². The van der Waals surface area contributed by atoms with Crippen LogP contribution in [-0.4, -0.2) is 27.2 Å². The Morgan fingerprint density at radius 1 is 1.03 bits per heavy atom. The summed E-state index contributed by atoms with van der Waals surface area (Å²) in [5.41, 5.74) is 4.97. The normalized spacial score (nSPS) is 13.4. The first-order valence-corrected chi connectivity index (χ1v) is 11.0. The number of pyridine rings is 1. The van der Waals surface area contributed by atoms with Crippen LogP contribution in [0.5, 0.6) is 0 Å². The zero-order chi connectivity index (χ0) is 22.8. The van der Waals surface area contributed by atoms with Crippen LogP contribution in [0.1, 0.15) is 34.3 Å². The van der Waals surface area contributed by atoms with E-state index in [1.165, 1.54) is 6.08 Å². The average Bonchev–Trinajstić information content (AvgIpc) is 3.58. The molecule has 4 aromatic rings. The summed E-state index contributed by atoms with van der Waals surface area (Å²) in [4.78, 5) is 29.7. The Morgan fingerprint density at radius 2 is 1.79 bits per heavy atom. The zero-order valence-electron chi connectivity index (χ0n) is 18.3. The van der Waals surface area contributed by atoms with Crippen LogP contribution in [0.25, 0.3) is 23.0 Å². The summed E-state index contributed by atoms with van der Waals surface area (Å²) in [5, 5.41) is 5.96. The quantitative estimate of drug-likeness (QED) is 0.424. The fraction of sp³-hybridized carbons (Fsp3) is 0.148. The molecular formula is C27H24N4O2. The van der Waals surface area contributed by atoms with Crippen molar-refractivity contribution in [1.29, 1.82) is 0 Å². The predicted octanol–water partition coefficient (Wildman–Crippen LogP) is 4.85. The summed E-state index contributed by atoms with van der Waals surface area (Å²) in [6, 6.07) is 21.3. The molecule has 0 aliphatic heterocycles. The molecule has 0 radical (unpaired) electrons. The number of hydrogen-bond acceptors (Lipinski definition) is 3. The number of fused-ring (bicyclic) bond motifs is 1. The number of carbonyl (C=O) groups excluding carboxylic acids is 2. The highest BCUT2D eigenvalue weighted by atomic mass is 16.2. The second-order valence-corrected chi connectivity index (χ2v) is 8.30.